The molecule has 1 fully saturated rings. The molecule has 1 aromatic heterocycles. The standard InChI is InChI=1S/C19H23N3O4/c1-24-12-13-26-18-14-15(6-7-20-18)19(23)21-16-2-4-17(5-3-16)22-8-10-25-11-9-22/h2-7,14H,8-13H2,1H3,(H,21,23). The van der Waals surface area contributed by atoms with Gasteiger partial charge in [-0.2, -0.15) is 0 Å². The number of aromatic nitrogens is 1. The zero-order valence-electron chi connectivity index (χ0n) is 14.8. The largest absolute Gasteiger partial charge is 0.475 e. The van der Waals surface area contributed by atoms with Crippen LogP contribution in [-0.4, -0.2) is 57.5 Å². The van der Waals surface area contributed by atoms with Gasteiger partial charge in [0.15, 0.2) is 0 Å². The Labute approximate surface area is 152 Å². The SMILES string of the molecule is COCCOc1cc(C(=O)Nc2ccc(N3CCOCC3)cc2)ccn1. The molecule has 2 heterocycles. The molecule has 0 radical (unpaired) electrons. The second-order valence-electron chi connectivity index (χ2n) is 5.82. The van der Waals surface area contributed by atoms with Gasteiger partial charge in [-0.1, -0.05) is 0 Å². The van der Waals surface area contributed by atoms with Crippen LogP contribution < -0.4 is 15.0 Å². The number of ether oxygens (including phenoxy) is 3. The van der Waals surface area contributed by atoms with E-state index in [2.05, 4.69) is 15.2 Å². The second kappa shape index (κ2) is 9.17. The van der Waals surface area contributed by atoms with Crippen LogP contribution in [0.5, 0.6) is 5.88 Å². The molecule has 1 amide bonds. The molecule has 0 saturated carbocycles. The summed E-state index contributed by atoms with van der Waals surface area (Å²) in [7, 11) is 1.60. The van der Waals surface area contributed by atoms with Gasteiger partial charge in [-0.3, -0.25) is 4.79 Å². The smallest absolute Gasteiger partial charge is 0.255 e. The fourth-order valence-electron chi connectivity index (χ4n) is 2.64. The van der Waals surface area contributed by atoms with E-state index in [-0.39, 0.29) is 5.91 Å². The number of anilines is 2. The highest BCUT2D eigenvalue weighted by atomic mass is 16.5. The fraction of sp³-hybridized carbons (Fsp3) is 0.368. The van der Waals surface area contributed by atoms with E-state index in [9.17, 15) is 4.79 Å². The van der Waals surface area contributed by atoms with E-state index in [0.29, 0.717) is 24.7 Å². The van der Waals surface area contributed by atoms with Gasteiger partial charge in [0.1, 0.15) is 6.61 Å². The Balaban J connectivity index is 1.59. The Kier molecular flexibility index (Phi) is 6.40. The summed E-state index contributed by atoms with van der Waals surface area (Å²) in [5.41, 5.74) is 2.36. The number of methoxy groups -OCH3 is 1. The number of morpholine rings is 1. The molecule has 26 heavy (non-hydrogen) atoms. The third-order valence-electron chi connectivity index (χ3n) is 4.04. The number of carbonyl (C=O) groups excluding carboxylic acids is 1. The van der Waals surface area contributed by atoms with Crippen LogP contribution in [0.2, 0.25) is 0 Å². The lowest BCUT2D eigenvalue weighted by molar-refractivity contribution is 0.102. The zero-order valence-corrected chi connectivity index (χ0v) is 14.8. The van der Waals surface area contributed by atoms with Crippen molar-refractivity contribution in [2.75, 3.05) is 56.8 Å². The highest BCUT2D eigenvalue weighted by molar-refractivity contribution is 6.04. The molecule has 138 valence electrons. The molecular formula is C19H23N3O4. The first-order valence-corrected chi connectivity index (χ1v) is 8.58. The molecule has 0 spiro atoms. The van der Waals surface area contributed by atoms with Crippen LogP contribution in [0.1, 0.15) is 10.4 Å². The fourth-order valence-corrected chi connectivity index (χ4v) is 2.64. The van der Waals surface area contributed by atoms with Crippen LogP contribution in [0.15, 0.2) is 42.6 Å². The van der Waals surface area contributed by atoms with Gasteiger partial charge in [0.05, 0.1) is 19.8 Å². The Hall–Kier alpha value is -2.64. The van der Waals surface area contributed by atoms with Crippen molar-refractivity contribution in [3.05, 3.63) is 48.2 Å². The Morgan fingerprint density at radius 1 is 1.19 bits per heavy atom. The number of benzene rings is 1. The first kappa shape index (κ1) is 18.2. The Bertz CT molecular complexity index is 715. The van der Waals surface area contributed by atoms with E-state index in [4.69, 9.17) is 14.2 Å². The van der Waals surface area contributed by atoms with Crippen molar-refractivity contribution in [1.82, 2.24) is 4.98 Å². The number of hydrogen-bond acceptors (Lipinski definition) is 6. The first-order valence-electron chi connectivity index (χ1n) is 8.58. The summed E-state index contributed by atoms with van der Waals surface area (Å²) in [4.78, 5) is 18.8. The van der Waals surface area contributed by atoms with Crippen LogP contribution in [0.25, 0.3) is 0 Å². The van der Waals surface area contributed by atoms with Crippen LogP contribution in [-0.2, 0) is 9.47 Å². The maximum Gasteiger partial charge on any atom is 0.255 e. The Morgan fingerprint density at radius 2 is 1.96 bits per heavy atom. The van der Waals surface area contributed by atoms with Crippen molar-refractivity contribution in [2.45, 2.75) is 0 Å². The van der Waals surface area contributed by atoms with Gasteiger partial charge in [-0.25, -0.2) is 4.98 Å². The summed E-state index contributed by atoms with van der Waals surface area (Å²) in [5.74, 6) is 0.195. The Morgan fingerprint density at radius 3 is 2.69 bits per heavy atom. The highest BCUT2D eigenvalue weighted by Gasteiger charge is 2.12. The van der Waals surface area contributed by atoms with Crippen molar-refractivity contribution in [1.29, 1.82) is 0 Å². The predicted octanol–water partition coefficient (Wildman–Crippen LogP) is 2.20. The number of nitrogens with zero attached hydrogens (tertiary/aromatic N) is 2. The van der Waals surface area contributed by atoms with Crippen molar-refractivity contribution in [3.63, 3.8) is 0 Å². The van der Waals surface area contributed by atoms with Crippen LogP contribution in [0.4, 0.5) is 11.4 Å². The number of rotatable bonds is 7. The van der Waals surface area contributed by atoms with E-state index in [1.807, 2.05) is 24.3 Å². The minimum atomic E-state index is -0.205. The molecule has 1 aliphatic rings. The second-order valence-corrected chi connectivity index (χ2v) is 5.82. The summed E-state index contributed by atoms with van der Waals surface area (Å²) in [6.07, 6.45) is 1.55. The molecule has 1 N–H and O–H groups in total. The van der Waals surface area contributed by atoms with Crippen molar-refractivity contribution < 1.29 is 19.0 Å². The molecule has 2 aromatic rings. The number of nitrogens with one attached hydrogen (secondary N) is 1. The van der Waals surface area contributed by atoms with Gasteiger partial charge in [-0.15, -0.1) is 0 Å². The minimum absolute atomic E-state index is 0.205. The van der Waals surface area contributed by atoms with Crippen molar-refractivity contribution >= 4 is 17.3 Å². The molecule has 0 atom stereocenters. The number of carbonyl (C=O) groups is 1. The van der Waals surface area contributed by atoms with Crippen molar-refractivity contribution in [2.24, 2.45) is 0 Å². The number of hydrogen-bond donors (Lipinski definition) is 1. The predicted molar refractivity (Wildman–Crippen MR) is 99.0 cm³/mol. The van der Waals surface area contributed by atoms with E-state index in [1.54, 1.807) is 25.4 Å². The molecule has 7 nitrogen and oxygen atoms in total. The molecule has 1 aliphatic heterocycles. The highest BCUT2D eigenvalue weighted by Crippen LogP contribution is 2.20. The van der Waals surface area contributed by atoms with Gasteiger partial charge >= 0.3 is 0 Å². The molecular weight excluding hydrogens is 334 g/mol. The van der Waals surface area contributed by atoms with E-state index < -0.39 is 0 Å². The van der Waals surface area contributed by atoms with E-state index >= 15 is 0 Å². The first-order chi connectivity index (χ1) is 12.8. The summed E-state index contributed by atoms with van der Waals surface area (Å²) < 4.78 is 15.7. The lowest BCUT2D eigenvalue weighted by atomic mass is 10.2. The summed E-state index contributed by atoms with van der Waals surface area (Å²) in [5, 5.41) is 2.89. The molecule has 7 heteroatoms. The maximum atomic E-state index is 12.4. The maximum absolute atomic E-state index is 12.4. The molecule has 3 rings (SSSR count). The lowest BCUT2D eigenvalue weighted by Crippen LogP contribution is -2.36. The molecule has 0 bridgehead atoms. The van der Waals surface area contributed by atoms with Gasteiger partial charge in [0, 0.05) is 49.4 Å². The van der Waals surface area contributed by atoms with Gasteiger partial charge in [0.2, 0.25) is 5.88 Å². The average Bonchev–Trinajstić information content (AvgIpc) is 2.70. The quantitative estimate of drug-likeness (QED) is 0.766. The van der Waals surface area contributed by atoms with Crippen LogP contribution >= 0.6 is 0 Å². The van der Waals surface area contributed by atoms with Gasteiger partial charge < -0.3 is 24.4 Å². The minimum Gasteiger partial charge on any atom is -0.475 e. The number of amides is 1. The van der Waals surface area contributed by atoms with Gasteiger partial charge in [-0.05, 0) is 30.3 Å². The van der Waals surface area contributed by atoms with Crippen LogP contribution in [0.3, 0.4) is 0 Å². The van der Waals surface area contributed by atoms with E-state index in [1.165, 1.54) is 0 Å². The molecule has 1 aromatic carbocycles. The third kappa shape index (κ3) is 4.93. The van der Waals surface area contributed by atoms with Crippen molar-refractivity contribution in [3.8, 4) is 5.88 Å². The number of pyridine rings is 1. The summed E-state index contributed by atoms with van der Waals surface area (Å²) >= 11 is 0. The molecule has 0 aliphatic carbocycles. The summed E-state index contributed by atoms with van der Waals surface area (Å²) in [6, 6.07) is 11.1. The topological polar surface area (TPSA) is 72.9 Å². The zero-order chi connectivity index (χ0) is 18.2. The third-order valence-corrected chi connectivity index (χ3v) is 4.04. The van der Waals surface area contributed by atoms with E-state index in [0.717, 1.165) is 37.7 Å². The monoisotopic (exact) mass is 357 g/mol. The molecule has 1 saturated heterocycles. The molecule has 0 unspecified atom stereocenters. The average molecular weight is 357 g/mol. The normalized spacial score (nSPS) is 14.1. The van der Waals surface area contributed by atoms with Crippen LogP contribution in [0, 0.1) is 0 Å². The lowest BCUT2D eigenvalue weighted by Gasteiger charge is -2.28. The summed E-state index contributed by atoms with van der Waals surface area (Å²) in [6.45, 7) is 4.11. The van der Waals surface area contributed by atoms with Gasteiger partial charge in [0.25, 0.3) is 5.91 Å².